The average molecular weight is 320 g/mol. The summed E-state index contributed by atoms with van der Waals surface area (Å²) in [5.41, 5.74) is 0.654. The number of allylic oxidation sites excluding steroid dienone is 1. The van der Waals surface area contributed by atoms with Gasteiger partial charge < -0.3 is 15.3 Å². The lowest BCUT2D eigenvalue weighted by molar-refractivity contribution is -0.150. The van der Waals surface area contributed by atoms with Crippen molar-refractivity contribution in [2.75, 3.05) is 0 Å². The molecule has 4 aliphatic rings. The van der Waals surface area contributed by atoms with Crippen molar-refractivity contribution >= 4 is 5.78 Å². The van der Waals surface area contributed by atoms with E-state index in [0.29, 0.717) is 24.7 Å². The SMILES string of the molecule is C[C@]12C[C@H](O)C(=O)C=C1CC[C@@H]1C2[C@H](O)C[C@@]2(C)C1CC[C@@H]2O. The summed E-state index contributed by atoms with van der Waals surface area (Å²) in [6.07, 6.45) is 4.72. The highest BCUT2D eigenvalue weighted by Gasteiger charge is 2.62. The van der Waals surface area contributed by atoms with E-state index in [1.807, 2.05) is 0 Å². The minimum Gasteiger partial charge on any atom is -0.393 e. The Morgan fingerprint density at radius 1 is 1.09 bits per heavy atom. The van der Waals surface area contributed by atoms with Gasteiger partial charge in [-0.1, -0.05) is 19.4 Å². The Kier molecular flexibility index (Phi) is 3.37. The third-order valence-electron chi connectivity index (χ3n) is 7.88. The molecule has 23 heavy (non-hydrogen) atoms. The Hall–Kier alpha value is -0.710. The molecular formula is C19H28O4. The van der Waals surface area contributed by atoms with Crippen LogP contribution in [0.5, 0.6) is 0 Å². The van der Waals surface area contributed by atoms with E-state index in [2.05, 4.69) is 13.8 Å². The highest BCUT2D eigenvalue weighted by molar-refractivity contribution is 5.95. The predicted octanol–water partition coefficient (Wildman–Crippen LogP) is 1.82. The molecule has 4 heteroatoms. The van der Waals surface area contributed by atoms with E-state index in [9.17, 15) is 20.1 Å². The van der Waals surface area contributed by atoms with Crippen molar-refractivity contribution in [3.8, 4) is 0 Å². The summed E-state index contributed by atoms with van der Waals surface area (Å²) in [7, 11) is 0. The summed E-state index contributed by atoms with van der Waals surface area (Å²) >= 11 is 0. The summed E-state index contributed by atoms with van der Waals surface area (Å²) in [6.45, 7) is 4.27. The number of ketones is 1. The molecule has 0 aromatic carbocycles. The zero-order valence-electron chi connectivity index (χ0n) is 14.0. The maximum Gasteiger partial charge on any atom is 0.184 e. The van der Waals surface area contributed by atoms with Crippen molar-refractivity contribution < 1.29 is 20.1 Å². The third kappa shape index (κ3) is 1.98. The number of aliphatic hydroxyl groups excluding tert-OH is 3. The zero-order valence-corrected chi connectivity index (χ0v) is 14.0. The van der Waals surface area contributed by atoms with Crippen molar-refractivity contribution in [1.82, 2.24) is 0 Å². The van der Waals surface area contributed by atoms with Gasteiger partial charge in [-0.05, 0) is 73.2 Å². The van der Waals surface area contributed by atoms with E-state index in [0.717, 1.165) is 31.3 Å². The van der Waals surface area contributed by atoms with Crippen molar-refractivity contribution in [2.24, 2.45) is 28.6 Å². The molecule has 8 atom stereocenters. The first-order valence-electron chi connectivity index (χ1n) is 9.06. The first kappa shape index (κ1) is 15.8. The van der Waals surface area contributed by atoms with Gasteiger partial charge in [0.2, 0.25) is 0 Å². The monoisotopic (exact) mass is 320 g/mol. The van der Waals surface area contributed by atoms with Crippen LogP contribution >= 0.6 is 0 Å². The molecule has 0 aromatic rings. The van der Waals surface area contributed by atoms with E-state index in [1.165, 1.54) is 0 Å². The molecule has 0 amide bonds. The van der Waals surface area contributed by atoms with Gasteiger partial charge in [0.1, 0.15) is 6.10 Å². The molecular weight excluding hydrogens is 292 g/mol. The summed E-state index contributed by atoms with van der Waals surface area (Å²) in [5.74, 6) is 0.735. The van der Waals surface area contributed by atoms with Crippen LogP contribution in [0.25, 0.3) is 0 Å². The maximum atomic E-state index is 11.9. The van der Waals surface area contributed by atoms with Crippen LogP contribution in [-0.4, -0.2) is 39.4 Å². The first-order chi connectivity index (χ1) is 10.8. The molecule has 0 saturated heterocycles. The van der Waals surface area contributed by atoms with Gasteiger partial charge in [0.05, 0.1) is 12.2 Å². The lowest BCUT2D eigenvalue weighted by Gasteiger charge is -2.59. The molecule has 3 saturated carbocycles. The van der Waals surface area contributed by atoms with Gasteiger partial charge in [0.15, 0.2) is 5.78 Å². The Morgan fingerprint density at radius 3 is 2.57 bits per heavy atom. The fourth-order valence-corrected chi connectivity index (χ4v) is 6.72. The summed E-state index contributed by atoms with van der Waals surface area (Å²) < 4.78 is 0. The van der Waals surface area contributed by atoms with Gasteiger partial charge in [-0.3, -0.25) is 4.79 Å². The maximum absolute atomic E-state index is 11.9. The molecule has 3 N–H and O–H groups in total. The molecule has 4 rings (SSSR count). The number of fused-ring (bicyclic) bond motifs is 5. The molecule has 0 bridgehead atoms. The highest BCUT2D eigenvalue weighted by Crippen LogP contribution is 2.65. The van der Waals surface area contributed by atoms with Crippen LogP contribution in [0.4, 0.5) is 0 Å². The van der Waals surface area contributed by atoms with E-state index in [1.54, 1.807) is 6.08 Å². The second-order valence-corrected chi connectivity index (χ2v) is 8.91. The van der Waals surface area contributed by atoms with Gasteiger partial charge in [0, 0.05) is 0 Å². The number of hydrogen-bond acceptors (Lipinski definition) is 4. The summed E-state index contributed by atoms with van der Waals surface area (Å²) in [6, 6.07) is 0. The van der Waals surface area contributed by atoms with Gasteiger partial charge in [-0.25, -0.2) is 0 Å². The Morgan fingerprint density at radius 2 is 1.83 bits per heavy atom. The van der Waals surface area contributed by atoms with Crippen molar-refractivity contribution in [1.29, 1.82) is 0 Å². The van der Waals surface area contributed by atoms with Crippen LogP contribution in [0, 0.1) is 28.6 Å². The van der Waals surface area contributed by atoms with Gasteiger partial charge >= 0.3 is 0 Å². The van der Waals surface area contributed by atoms with Crippen LogP contribution in [0.1, 0.15) is 52.4 Å². The highest BCUT2D eigenvalue weighted by atomic mass is 16.3. The summed E-state index contributed by atoms with van der Waals surface area (Å²) in [4.78, 5) is 11.9. The minimum absolute atomic E-state index is 0.0913. The number of aliphatic hydroxyl groups is 3. The molecule has 4 aliphatic carbocycles. The molecule has 128 valence electrons. The molecule has 2 unspecified atom stereocenters. The quantitative estimate of drug-likeness (QED) is 0.636. The molecule has 0 heterocycles. The van der Waals surface area contributed by atoms with E-state index < -0.39 is 12.2 Å². The van der Waals surface area contributed by atoms with Gasteiger partial charge in [0.25, 0.3) is 0 Å². The number of carbonyl (C=O) groups excluding carboxylic acids is 1. The lowest BCUT2D eigenvalue weighted by Crippen LogP contribution is -2.58. The minimum atomic E-state index is -0.933. The van der Waals surface area contributed by atoms with Crippen LogP contribution < -0.4 is 0 Å². The molecule has 0 spiro atoms. The first-order valence-corrected chi connectivity index (χ1v) is 9.06. The summed E-state index contributed by atoms with van der Waals surface area (Å²) in [5, 5.41) is 31.6. The number of carbonyl (C=O) groups is 1. The standard InChI is InChI=1S/C19H28O4/c1-18-8-14(21)13(20)7-10(18)3-4-11-12-5-6-16(23)19(12,2)9-15(22)17(11)18/h7,11-12,14-17,21-23H,3-6,8-9H2,1-2H3/t11-,12?,14-,15+,16-,17?,18-,19-/m0/s1. The Balaban J connectivity index is 1.75. The molecule has 3 fully saturated rings. The largest absolute Gasteiger partial charge is 0.393 e. The van der Waals surface area contributed by atoms with Gasteiger partial charge in [-0.15, -0.1) is 0 Å². The zero-order chi connectivity index (χ0) is 16.6. The fraction of sp³-hybridized carbons (Fsp3) is 0.842. The second-order valence-electron chi connectivity index (χ2n) is 8.91. The molecule has 0 radical (unpaired) electrons. The van der Waals surface area contributed by atoms with Crippen LogP contribution in [0.2, 0.25) is 0 Å². The Labute approximate surface area is 137 Å². The number of rotatable bonds is 0. The second kappa shape index (κ2) is 4.90. The molecule has 0 aliphatic heterocycles. The van der Waals surface area contributed by atoms with Crippen molar-refractivity contribution in [3.63, 3.8) is 0 Å². The smallest absolute Gasteiger partial charge is 0.184 e. The van der Waals surface area contributed by atoms with Gasteiger partial charge in [-0.2, -0.15) is 0 Å². The van der Waals surface area contributed by atoms with E-state index in [-0.39, 0.29) is 28.6 Å². The molecule has 4 nitrogen and oxygen atoms in total. The van der Waals surface area contributed by atoms with Crippen LogP contribution in [0.3, 0.4) is 0 Å². The predicted molar refractivity (Wildman–Crippen MR) is 85.5 cm³/mol. The van der Waals surface area contributed by atoms with E-state index >= 15 is 0 Å². The van der Waals surface area contributed by atoms with Crippen molar-refractivity contribution in [3.05, 3.63) is 11.6 Å². The van der Waals surface area contributed by atoms with Crippen LogP contribution in [-0.2, 0) is 4.79 Å². The normalized spacial score (nSPS) is 55.7. The Bertz CT molecular complexity index is 570. The topological polar surface area (TPSA) is 77.8 Å². The fourth-order valence-electron chi connectivity index (χ4n) is 6.72. The van der Waals surface area contributed by atoms with Crippen LogP contribution in [0.15, 0.2) is 11.6 Å². The average Bonchev–Trinajstić information content (AvgIpc) is 2.76. The third-order valence-corrected chi connectivity index (χ3v) is 7.88. The van der Waals surface area contributed by atoms with E-state index in [4.69, 9.17) is 0 Å². The number of hydrogen-bond donors (Lipinski definition) is 3. The van der Waals surface area contributed by atoms with Crippen molar-refractivity contribution in [2.45, 2.75) is 70.7 Å². The molecule has 0 aromatic heterocycles. The lowest BCUT2D eigenvalue weighted by atomic mass is 9.46.